The van der Waals surface area contributed by atoms with Crippen LogP contribution in [0.5, 0.6) is 0 Å². The van der Waals surface area contributed by atoms with Crippen LogP contribution in [0.4, 0.5) is 0 Å². The fraction of sp³-hybridized carbons (Fsp3) is 0.727. The molecule has 1 amide bonds. The molecule has 1 aliphatic rings. The highest BCUT2D eigenvalue weighted by atomic mass is 16.1. The van der Waals surface area contributed by atoms with Crippen molar-refractivity contribution in [2.24, 2.45) is 11.7 Å². The molecule has 0 aromatic rings. The van der Waals surface area contributed by atoms with Crippen molar-refractivity contribution in [3.63, 3.8) is 0 Å². The molecule has 0 saturated heterocycles. The number of nitrogens with one attached hydrogen (secondary N) is 1. The van der Waals surface area contributed by atoms with Crippen molar-refractivity contribution in [1.82, 2.24) is 5.32 Å². The largest absolute Gasteiger partial charge is 0.349 e. The summed E-state index contributed by atoms with van der Waals surface area (Å²) in [5, 5.41) is 3.02. The first kappa shape index (κ1) is 11.2. The topological polar surface area (TPSA) is 55.1 Å². The third-order valence-corrected chi connectivity index (χ3v) is 2.71. The van der Waals surface area contributed by atoms with Gasteiger partial charge in [0, 0.05) is 12.1 Å². The fourth-order valence-electron chi connectivity index (χ4n) is 2.00. The quantitative estimate of drug-likeness (QED) is 0.666. The van der Waals surface area contributed by atoms with Gasteiger partial charge in [-0.1, -0.05) is 12.0 Å². The summed E-state index contributed by atoms with van der Waals surface area (Å²) in [6.45, 7) is 4.53. The molecular weight excluding hydrogens is 176 g/mol. The van der Waals surface area contributed by atoms with Gasteiger partial charge < -0.3 is 11.1 Å². The van der Waals surface area contributed by atoms with Crippen molar-refractivity contribution in [3.8, 4) is 0 Å². The molecule has 0 spiro atoms. The van der Waals surface area contributed by atoms with Crippen LogP contribution in [-0.4, -0.2) is 18.5 Å². The highest BCUT2D eigenvalue weighted by Gasteiger charge is 2.26. The molecule has 0 bridgehead atoms. The lowest BCUT2D eigenvalue weighted by atomic mass is 10.0. The SMILES string of the molecule is CC(C)=CC(=O)NC1CCCC1CN. The van der Waals surface area contributed by atoms with Gasteiger partial charge in [-0.15, -0.1) is 0 Å². The molecule has 2 atom stereocenters. The smallest absolute Gasteiger partial charge is 0.244 e. The van der Waals surface area contributed by atoms with E-state index in [0.29, 0.717) is 18.5 Å². The lowest BCUT2D eigenvalue weighted by Gasteiger charge is -2.18. The highest BCUT2D eigenvalue weighted by Crippen LogP contribution is 2.24. The number of nitrogens with two attached hydrogens (primary N) is 1. The Morgan fingerprint density at radius 1 is 1.50 bits per heavy atom. The van der Waals surface area contributed by atoms with E-state index in [1.165, 1.54) is 6.42 Å². The Labute approximate surface area is 85.7 Å². The molecule has 0 aliphatic heterocycles. The summed E-state index contributed by atoms with van der Waals surface area (Å²) in [7, 11) is 0. The van der Waals surface area contributed by atoms with Crippen LogP contribution in [0.25, 0.3) is 0 Å². The zero-order valence-electron chi connectivity index (χ0n) is 9.05. The van der Waals surface area contributed by atoms with Crippen LogP contribution >= 0.6 is 0 Å². The van der Waals surface area contributed by atoms with Crippen LogP contribution in [0.1, 0.15) is 33.1 Å². The average Bonchev–Trinajstić information content (AvgIpc) is 2.50. The Bertz CT molecular complexity index is 231. The minimum atomic E-state index is 0.0235. The minimum absolute atomic E-state index is 0.0235. The van der Waals surface area contributed by atoms with Crippen LogP contribution in [0, 0.1) is 5.92 Å². The molecule has 80 valence electrons. The Hall–Kier alpha value is -0.830. The van der Waals surface area contributed by atoms with Gasteiger partial charge in [-0.3, -0.25) is 4.79 Å². The molecule has 0 heterocycles. The maximum absolute atomic E-state index is 11.4. The van der Waals surface area contributed by atoms with Gasteiger partial charge in [-0.25, -0.2) is 0 Å². The second kappa shape index (κ2) is 5.15. The number of hydrogen-bond donors (Lipinski definition) is 2. The van der Waals surface area contributed by atoms with E-state index >= 15 is 0 Å². The Morgan fingerprint density at radius 3 is 2.79 bits per heavy atom. The highest BCUT2D eigenvalue weighted by molar-refractivity contribution is 5.88. The first-order valence-corrected chi connectivity index (χ1v) is 5.29. The van der Waals surface area contributed by atoms with E-state index in [9.17, 15) is 4.79 Å². The molecule has 1 fully saturated rings. The molecule has 1 saturated carbocycles. The maximum atomic E-state index is 11.4. The number of amides is 1. The van der Waals surface area contributed by atoms with Crippen LogP contribution in [0.2, 0.25) is 0 Å². The van der Waals surface area contributed by atoms with Crippen LogP contribution in [0.15, 0.2) is 11.6 Å². The van der Waals surface area contributed by atoms with E-state index in [-0.39, 0.29) is 5.91 Å². The second-order valence-corrected chi connectivity index (χ2v) is 4.26. The van der Waals surface area contributed by atoms with Gasteiger partial charge in [0.05, 0.1) is 0 Å². The molecule has 3 heteroatoms. The summed E-state index contributed by atoms with van der Waals surface area (Å²) >= 11 is 0. The number of carbonyl (C=O) groups is 1. The van der Waals surface area contributed by atoms with Crippen molar-refractivity contribution in [1.29, 1.82) is 0 Å². The Balaban J connectivity index is 2.43. The summed E-state index contributed by atoms with van der Waals surface area (Å²) in [5.74, 6) is 0.500. The third kappa shape index (κ3) is 3.14. The Morgan fingerprint density at radius 2 is 2.21 bits per heavy atom. The van der Waals surface area contributed by atoms with Gasteiger partial charge in [0.2, 0.25) is 5.91 Å². The zero-order chi connectivity index (χ0) is 10.6. The van der Waals surface area contributed by atoms with Crippen molar-refractivity contribution < 1.29 is 4.79 Å². The summed E-state index contributed by atoms with van der Waals surface area (Å²) in [5.41, 5.74) is 6.67. The molecule has 0 radical (unpaired) electrons. The van der Waals surface area contributed by atoms with E-state index in [4.69, 9.17) is 5.73 Å². The standard InChI is InChI=1S/C11H20N2O/c1-8(2)6-11(14)13-10-5-3-4-9(10)7-12/h6,9-10H,3-5,7,12H2,1-2H3,(H,13,14). The van der Waals surface area contributed by atoms with Crippen LogP contribution in [-0.2, 0) is 4.79 Å². The van der Waals surface area contributed by atoms with Crippen molar-refractivity contribution in [2.45, 2.75) is 39.2 Å². The van der Waals surface area contributed by atoms with Gasteiger partial charge in [0.15, 0.2) is 0 Å². The van der Waals surface area contributed by atoms with E-state index < -0.39 is 0 Å². The zero-order valence-corrected chi connectivity index (χ0v) is 9.05. The lowest BCUT2D eigenvalue weighted by molar-refractivity contribution is -0.117. The second-order valence-electron chi connectivity index (χ2n) is 4.26. The number of allylic oxidation sites excluding steroid dienone is 1. The summed E-state index contributed by atoms with van der Waals surface area (Å²) in [4.78, 5) is 11.4. The minimum Gasteiger partial charge on any atom is -0.349 e. The van der Waals surface area contributed by atoms with Crippen LogP contribution < -0.4 is 11.1 Å². The average molecular weight is 196 g/mol. The molecule has 2 unspecified atom stereocenters. The molecule has 3 N–H and O–H groups in total. The van der Waals surface area contributed by atoms with Gasteiger partial charge in [0.25, 0.3) is 0 Å². The molecule has 1 rings (SSSR count). The van der Waals surface area contributed by atoms with Crippen molar-refractivity contribution in [2.75, 3.05) is 6.54 Å². The van der Waals surface area contributed by atoms with Crippen molar-refractivity contribution in [3.05, 3.63) is 11.6 Å². The summed E-state index contributed by atoms with van der Waals surface area (Å²) in [6.07, 6.45) is 5.05. The normalized spacial score (nSPS) is 25.9. The van der Waals surface area contributed by atoms with E-state index in [1.54, 1.807) is 6.08 Å². The van der Waals surface area contributed by atoms with Gasteiger partial charge in [0.1, 0.15) is 0 Å². The van der Waals surface area contributed by atoms with E-state index in [1.807, 2.05) is 13.8 Å². The predicted octanol–water partition coefficient (Wildman–Crippen LogP) is 1.20. The number of rotatable bonds is 3. The van der Waals surface area contributed by atoms with Gasteiger partial charge >= 0.3 is 0 Å². The molecule has 14 heavy (non-hydrogen) atoms. The molecule has 3 nitrogen and oxygen atoms in total. The predicted molar refractivity (Wildman–Crippen MR) is 57.8 cm³/mol. The summed E-state index contributed by atoms with van der Waals surface area (Å²) in [6, 6.07) is 0.295. The fourth-order valence-corrected chi connectivity index (χ4v) is 2.00. The lowest BCUT2D eigenvalue weighted by Crippen LogP contribution is -2.39. The third-order valence-electron chi connectivity index (χ3n) is 2.71. The maximum Gasteiger partial charge on any atom is 0.244 e. The van der Waals surface area contributed by atoms with E-state index in [0.717, 1.165) is 18.4 Å². The number of carbonyl (C=O) groups excluding carboxylic acids is 1. The molecule has 0 aromatic heterocycles. The number of hydrogen-bond acceptors (Lipinski definition) is 2. The van der Waals surface area contributed by atoms with Crippen molar-refractivity contribution >= 4 is 5.91 Å². The van der Waals surface area contributed by atoms with Gasteiger partial charge in [-0.05, 0) is 39.2 Å². The van der Waals surface area contributed by atoms with Crippen LogP contribution in [0.3, 0.4) is 0 Å². The first-order valence-electron chi connectivity index (χ1n) is 5.29. The molecular formula is C11H20N2O. The van der Waals surface area contributed by atoms with Gasteiger partial charge in [-0.2, -0.15) is 0 Å². The molecule has 0 aromatic carbocycles. The summed E-state index contributed by atoms with van der Waals surface area (Å²) < 4.78 is 0. The Kier molecular flexibility index (Phi) is 4.14. The van der Waals surface area contributed by atoms with E-state index in [2.05, 4.69) is 5.32 Å². The molecule has 1 aliphatic carbocycles. The first-order chi connectivity index (χ1) is 6.63. The monoisotopic (exact) mass is 196 g/mol.